The number of hydroxylamine groups is 1. The molecule has 0 amide bonds. The van der Waals surface area contributed by atoms with Gasteiger partial charge in [0.15, 0.2) is 5.84 Å². The summed E-state index contributed by atoms with van der Waals surface area (Å²) in [5, 5.41) is 14.4. The maximum absolute atomic E-state index is 9.11. The van der Waals surface area contributed by atoms with Gasteiger partial charge in [-0.15, -0.1) is 11.3 Å². The van der Waals surface area contributed by atoms with Gasteiger partial charge in [0.25, 0.3) is 0 Å². The Balaban J connectivity index is 2.04. The largest absolute Gasteiger partial charge is 0.409 e. The molecule has 0 aromatic carbocycles. The highest BCUT2D eigenvalue weighted by molar-refractivity contribution is 7.10. The number of thiophene rings is 1. The molecule has 106 valence electrons. The van der Waals surface area contributed by atoms with E-state index in [1.165, 1.54) is 0 Å². The van der Waals surface area contributed by atoms with Gasteiger partial charge in [0.2, 0.25) is 5.88 Å². The molecule has 0 radical (unpaired) electrons. The molecule has 0 aliphatic rings. The first-order valence-electron chi connectivity index (χ1n) is 6.23. The third kappa shape index (κ3) is 3.48. The number of nitrogens with zero attached hydrogens (tertiary/aromatic N) is 2. The van der Waals surface area contributed by atoms with E-state index < -0.39 is 0 Å². The number of aryl methyl sites for hydroxylation is 2. The zero-order valence-corrected chi connectivity index (χ0v) is 12.4. The lowest BCUT2D eigenvalue weighted by Gasteiger charge is -2.14. The average Bonchev–Trinajstić information content (AvgIpc) is 2.91. The van der Waals surface area contributed by atoms with Crippen molar-refractivity contribution in [2.24, 2.45) is 5.16 Å². The number of pyridine rings is 1. The predicted octanol–water partition coefficient (Wildman–Crippen LogP) is 3.23. The van der Waals surface area contributed by atoms with Gasteiger partial charge >= 0.3 is 0 Å². The van der Waals surface area contributed by atoms with Crippen molar-refractivity contribution in [1.29, 1.82) is 0 Å². The molecule has 0 saturated carbocycles. The molecule has 0 aliphatic heterocycles. The summed E-state index contributed by atoms with van der Waals surface area (Å²) in [4.78, 5) is 10.7. The zero-order valence-electron chi connectivity index (χ0n) is 11.6. The fourth-order valence-corrected chi connectivity index (χ4v) is 2.62. The second-order valence-electron chi connectivity index (χ2n) is 4.55. The standard InChI is InChI=1S/C14H17N3O2S/c1-9-7-10(2)15-13(8-9)19-17-14(16-18)11(3)12-5-4-6-20-12/h4-8,11,18H,1-3H3,(H,16,17). The maximum atomic E-state index is 9.11. The van der Waals surface area contributed by atoms with Crippen molar-refractivity contribution in [1.82, 2.24) is 10.5 Å². The monoisotopic (exact) mass is 291 g/mol. The van der Waals surface area contributed by atoms with Crippen molar-refractivity contribution in [3.63, 3.8) is 0 Å². The van der Waals surface area contributed by atoms with Gasteiger partial charge in [0.05, 0.1) is 5.92 Å². The van der Waals surface area contributed by atoms with Crippen LogP contribution < -0.4 is 10.3 Å². The Kier molecular flexibility index (Phi) is 4.57. The minimum atomic E-state index is -0.0779. The van der Waals surface area contributed by atoms with Gasteiger partial charge < -0.3 is 10.0 Å². The summed E-state index contributed by atoms with van der Waals surface area (Å²) in [6.07, 6.45) is 0. The maximum Gasteiger partial charge on any atom is 0.246 e. The van der Waals surface area contributed by atoms with Crippen LogP contribution in [0.1, 0.15) is 29.0 Å². The number of hydrogen-bond acceptors (Lipinski definition) is 5. The van der Waals surface area contributed by atoms with E-state index >= 15 is 0 Å². The molecule has 0 bridgehead atoms. The van der Waals surface area contributed by atoms with Crippen LogP contribution in [0.5, 0.6) is 5.88 Å². The van der Waals surface area contributed by atoms with E-state index in [0.717, 1.165) is 16.1 Å². The van der Waals surface area contributed by atoms with Gasteiger partial charge in [-0.05, 0) is 36.9 Å². The third-order valence-electron chi connectivity index (χ3n) is 2.82. The number of amidine groups is 1. The van der Waals surface area contributed by atoms with Gasteiger partial charge in [0.1, 0.15) is 0 Å². The van der Waals surface area contributed by atoms with E-state index in [0.29, 0.717) is 11.7 Å². The Morgan fingerprint density at radius 1 is 1.45 bits per heavy atom. The molecule has 1 atom stereocenters. The van der Waals surface area contributed by atoms with Crippen molar-refractivity contribution >= 4 is 17.2 Å². The molecular formula is C14H17N3O2S. The molecule has 2 rings (SSSR count). The van der Waals surface area contributed by atoms with Crippen molar-refractivity contribution in [2.45, 2.75) is 26.7 Å². The van der Waals surface area contributed by atoms with Crippen molar-refractivity contribution in [3.05, 3.63) is 45.8 Å². The topological polar surface area (TPSA) is 66.7 Å². The van der Waals surface area contributed by atoms with Crippen LogP contribution >= 0.6 is 11.3 Å². The molecule has 2 aromatic heterocycles. The quantitative estimate of drug-likeness (QED) is 0.393. The van der Waals surface area contributed by atoms with Crippen LogP contribution in [0.15, 0.2) is 34.8 Å². The minimum absolute atomic E-state index is 0.0779. The van der Waals surface area contributed by atoms with E-state index in [1.807, 2.05) is 50.4 Å². The van der Waals surface area contributed by atoms with Crippen molar-refractivity contribution in [2.75, 3.05) is 0 Å². The van der Waals surface area contributed by atoms with Crippen LogP contribution in [0, 0.1) is 13.8 Å². The lowest BCUT2D eigenvalue weighted by Crippen LogP contribution is -2.31. The fourth-order valence-electron chi connectivity index (χ4n) is 1.83. The molecule has 0 saturated heterocycles. The van der Waals surface area contributed by atoms with Crippen LogP contribution in [0.25, 0.3) is 0 Å². The first-order chi connectivity index (χ1) is 9.60. The molecule has 2 aromatic rings. The highest BCUT2D eigenvalue weighted by Gasteiger charge is 2.15. The van der Waals surface area contributed by atoms with E-state index in [1.54, 1.807) is 11.3 Å². The van der Waals surface area contributed by atoms with Crippen molar-refractivity contribution < 1.29 is 10.0 Å². The van der Waals surface area contributed by atoms with Crippen LogP contribution in [0.2, 0.25) is 0 Å². The van der Waals surface area contributed by atoms with Crippen molar-refractivity contribution in [3.8, 4) is 5.88 Å². The predicted molar refractivity (Wildman–Crippen MR) is 79.4 cm³/mol. The molecule has 1 unspecified atom stereocenters. The zero-order chi connectivity index (χ0) is 14.5. The Morgan fingerprint density at radius 2 is 2.25 bits per heavy atom. The van der Waals surface area contributed by atoms with Gasteiger partial charge in [-0.3, -0.25) is 0 Å². The smallest absolute Gasteiger partial charge is 0.246 e. The summed E-state index contributed by atoms with van der Waals surface area (Å²) < 4.78 is 0. The first-order valence-corrected chi connectivity index (χ1v) is 7.11. The number of oxime groups is 1. The highest BCUT2D eigenvalue weighted by Crippen LogP contribution is 2.21. The Bertz CT molecular complexity index is 576. The summed E-state index contributed by atoms with van der Waals surface area (Å²) >= 11 is 1.60. The number of hydrogen-bond donors (Lipinski definition) is 2. The summed E-state index contributed by atoms with van der Waals surface area (Å²) in [7, 11) is 0. The lowest BCUT2D eigenvalue weighted by atomic mass is 10.1. The van der Waals surface area contributed by atoms with Crippen LogP contribution in [0.3, 0.4) is 0 Å². The van der Waals surface area contributed by atoms with E-state index in [2.05, 4.69) is 15.6 Å². The number of rotatable bonds is 4. The normalized spacial score (nSPS) is 13.1. The van der Waals surface area contributed by atoms with Crippen LogP contribution in [0.4, 0.5) is 0 Å². The molecule has 2 N–H and O–H groups in total. The Labute approximate surface area is 121 Å². The van der Waals surface area contributed by atoms with E-state index in [9.17, 15) is 0 Å². The second-order valence-corrected chi connectivity index (χ2v) is 5.53. The number of aromatic nitrogens is 1. The van der Waals surface area contributed by atoms with Gasteiger partial charge in [-0.25, -0.2) is 10.5 Å². The Hall–Kier alpha value is -2.08. The van der Waals surface area contributed by atoms with E-state index in [-0.39, 0.29) is 5.92 Å². The molecule has 0 fully saturated rings. The SMILES string of the molecule is Cc1cc(C)nc(ONC(=NO)C(C)c2cccs2)c1. The summed E-state index contributed by atoms with van der Waals surface area (Å²) in [6.45, 7) is 5.80. The van der Waals surface area contributed by atoms with Gasteiger partial charge in [0, 0.05) is 16.6 Å². The van der Waals surface area contributed by atoms with Gasteiger partial charge in [-0.2, -0.15) is 0 Å². The van der Waals surface area contributed by atoms with Gasteiger partial charge in [-0.1, -0.05) is 18.1 Å². The van der Waals surface area contributed by atoms with Crippen LogP contribution in [-0.4, -0.2) is 16.0 Å². The molecule has 5 nitrogen and oxygen atoms in total. The molecule has 0 aliphatic carbocycles. The second kappa shape index (κ2) is 6.38. The fraction of sp³-hybridized carbons (Fsp3) is 0.286. The lowest BCUT2D eigenvalue weighted by molar-refractivity contribution is 0.233. The molecule has 20 heavy (non-hydrogen) atoms. The van der Waals surface area contributed by atoms with E-state index in [4.69, 9.17) is 10.0 Å². The highest BCUT2D eigenvalue weighted by atomic mass is 32.1. The third-order valence-corrected chi connectivity index (χ3v) is 3.88. The molecule has 6 heteroatoms. The minimum Gasteiger partial charge on any atom is -0.409 e. The summed E-state index contributed by atoms with van der Waals surface area (Å²) in [6, 6.07) is 7.71. The first kappa shape index (κ1) is 14.3. The number of nitrogens with one attached hydrogen (secondary N) is 1. The summed E-state index contributed by atoms with van der Waals surface area (Å²) in [5.74, 6) is 0.710. The Morgan fingerprint density at radius 3 is 2.85 bits per heavy atom. The molecule has 2 heterocycles. The molecular weight excluding hydrogens is 274 g/mol. The molecule has 0 spiro atoms. The van der Waals surface area contributed by atoms with Crippen LogP contribution in [-0.2, 0) is 0 Å². The average molecular weight is 291 g/mol. The summed E-state index contributed by atoms with van der Waals surface area (Å²) in [5.41, 5.74) is 4.60.